The number of aryl methyl sites for hydroxylation is 1. The van der Waals surface area contributed by atoms with Crippen LogP contribution in [-0.2, 0) is 22.0 Å². The monoisotopic (exact) mass is 502 g/mol. The number of hydrogen-bond acceptors (Lipinski definition) is 6. The average Bonchev–Trinajstić information content (AvgIpc) is 3.27. The Morgan fingerprint density at radius 3 is 2.44 bits per heavy atom. The van der Waals surface area contributed by atoms with Crippen molar-refractivity contribution in [2.24, 2.45) is 4.99 Å². The highest BCUT2D eigenvalue weighted by molar-refractivity contribution is 6.62. The van der Waals surface area contributed by atoms with E-state index in [0.29, 0.717) is 6.54 Å². The van der Waals surface area contributed by atoms with Gasteiger partial charge in [0.05, 0.1) is 22.8 Å². The predicted molar refractivity (Wildman–Crippen MR) is 125 cm³/mol. The Bertz CT molecular complexity index is 1270. The first kappa shape index (κ1) is 25.7. The first-order valence-electron chi connectivity index (χ1n) is 11.2. The van der Waals surface area contributed by atoms with Gasteiger partial charge in [-0.05, 0) is 63.0 Å². The van der Waals surface area contributed by atoms with Crippen LogP contribution in [0, 0.1) is 6.92 Å². The molecule has 8 nitrogen and oxygen atoms in total. The quantitative estimate of drug-likeness (QED) is 0.250. The highest BCUT2D eigenvalue weighted by atomic mass is 19.4. The fraction of sp³-hybridized carbons (Fsp3) is 0.375. The minimum Gasteiger partial charge on any atom is -0.846 e. The molecule has 12 heteroatoms. The third-order valence-electron chi connectivity index (χ3n) is 6.34. The van der Waals surface area contributed by atoms with Gasteiger partial charge in [-0.2, -0.15) is 13.2 Å². The number of nitrogens with one attached hydrogen (secondary N) is 1. The molecule has 36 heavy (non-hydrogen) atoms. The van der Waals surface area contributed by atoms with Gasteiger partial charge < -0.3 is 19.7 Å². The summed E-state index contributed by atoms with van der Waals surface area (Å²) in [5.41, 5.74) is 1.05. The zero-order chi connectivity index (χ0) is 26.3. The number of alkyl halides is 3. The van der Waals surface area contributed by atoms with Crippen LogP contribution >= 0.6 is 0 Å². The van der Waals surface area contributed by atoms with E-state index >= 15 is 0 Å². The summed E-state index contributed by atoms with van der Waals surface area (Å²) in [4.78, 5) is 3.71. The predicted octanol–water partition coefficient (Wildman–Crippen LogP) is 3.10. The Morgan fingerprint density at radius 1 is 1.11 bits per heavy atom. The van der Waals surface area contributed by atoms with Gasteiger partial charge in [-0.25, -0.2) is 4.99 Å². The molecule has 1 N–H and O–H groups in total. The Labute approximate surface area is 206 Å². The summed E-state index contributed by atoms with van der Waals surface area (Å²) in [6, 6.07) is 9.23. The Hall–Kier alpha value is -3.38. The SMILES string of the molecule is Cc1cc(C[n+]2cc(/N=C(\[O-])Nc3cccc(C(F)(F)F)c3)on2)ccc1B1OC(C)(C)C(C)(C)O1. The number of rotatable bonds is 5. The molecule has 0 aliphatic carbocycles. The molecule has 0 saturated carbocycles. The number of nitrogens with zero attached hydrogens (tertiary/aromatic N) is 3. The van der Waals surface area contributed by atoms with Gasteiger partial charge in [0, 0.05) is 11.3 Å². The van der Waals surface area contributed by atoms with Crippen molar-refractivity contribution < 1.29 is 36.8 Å². The molecule has 0 amide bonds. The van der Waals surface area contributed by atoms with Crippen LogP contribution in [0.25, 0.3) is 0 Å². The smallest absolute Gasteiger partial charge is 0.495 e. The molecule has 1 aromatic heterocycles. The van der Waals surface area contributed by atoms with Crippen molar-refractivity contribution in [2.75, 3.05) is 5.32 Å². The van der Waals surface area contributed by atoms with Crippen LogP contribution in [0.2, 0.25) is 0 Å². The van der Waals surface area contributed by atoms with E-state index in [0.717, 1.165) is 28.7 Å². The van der Waals surface area contributed by atoms with E-state index in [9.17, 15) is 18.3 Å². The second kappa shape index (κ2) is 9.25. The molecule has 4 rings (SSSR count). The van der Waals surface area contributed by atoms with Crippen molar-refractivity contribution in [1.82, 2.24) is 5.27 Å². The number of aromatic nitrogens is 2. The van der Waals surface area contributed by atoms with Crippen molar-refractivity contribution in [3.05, 3.63) is 65.4 Å². The van der Waals surface area contributed by atoms with Gasteiger partial charge in [0.1, 0.15) is 0 Å². The van der Waals surface area contributed by atoms with Gasteiger partial charge in [0.2, 0.25) is 11.8 Å². The third-order valence-corrected chi connectivity index (χ3v) is 6.34. The van der Waals surface area contributed by atoms with Crippen LogP contribution in [0.4, 0.5) is 24.7 Å². The molecular formula is C24H26BF3N4O4. The molecule has 0 radical (unpaired) electrons. The highest BCUT2D eigenvalue weighted by Crippen LogP contribution is 2.36. The van der Waals surface area contributed by atoms with E-state index < -0.39 is 36.1 Å². The Kier molecular flexibility index (Phi) is 6.61. The van der Waals surface area contributed by atoms with Crippen molar-refractivity contribution in [3.63, 3.8) is 0 Å². The highest BCUT2D eigenvalue weighted by Gasteiger charge is 2.52. The lowest BCUT2D eigenvalue weighted by Crippen LogP contribution is -2.41. The number of anilines is 1. The number of aliphatic imine (C=N–C) groups is 1. The maximum absolute atomic E-state index is 12.8. The average molecular weight is 502 g/mol. The minimum absolute atomic E-state index is 0.0384. The number of benzene rings is 2. The van der Waals surface area contributed by atoms with Crippen LogP contribution in [-0.4, -0.2) is 29.6 Å². The van der Waals surface area contributed by atoms with E-state index in [1.165, 1.54) is 23.0 Å². The minimum atomic E-state index is -4.52. The second-order valence-electron chi connectivity index (χ2n) is 9.64. The van der Waals surface area contributed by atoms with Crippen LogP contribution in [0.5, 0.6) is 0 Å². The summed E-state index contributed by atoms with van der Waals surface area (Å²) in [7, 11) is -0.468. The van der Waals surface area contributed by atoms with Crippen LogP contribution < -0.4 is 20.6 Å². The molecule has 190 valence electrons. The van der Waals surface area contributed by atoms with Crippen LogP contribution in [0.3, 0.4) is 0 Å². The van der Waals surface area contributed by atoms with Gasteiger partial charge >= 0.3 is 19.2 Å². The molecule has 1 saturated heterocycles. The largest absolute Gasteiger partial charge is 0.846 e. The molecule has 1 aliphatic rings. The lowest BCUT2D eigenvalue weighted by atomic mass is 9.76. The summed E-state index contributed by atoms with van der Waals surface area (Å²) >= 11 is 0. The van der Waals surface area contributed by atoms with E-state index in [4.69, 9.17) is 13.8 Å². The number of amidine groups is 1. The van der Waals surface area contributed by atoms with Crippen LogP contribution in [0.15, 0.2) is 58.2 Å². The fourth-order valence-corrected chi connectivity index (χ4v) is 3.68. The maximum Gasteiger partial charge on any atom is 0.495 e. The summed E-state index contributed by atoms with van der Waals surface area (Å²) < 4.78 is 57.3. The zero-order valence-electron chi connectivity index (χ0n) is 20.5. The Balaban J connectivity index is 1.42. The van der Waals surface area contributed by atoms with Gasteiger partial charge in [-0.3, -0.25) is 4.52 Å². The van der Waals surface area contributed by atoms with E-state index in [1.54, 1.807) is 0 Å². The van der Waals surface area contributed by atoms with Gasteiger partial charge in [-0.15, -0.1) is 0 Å². The molecule has 0 spiro atoms. The normalized spacial score (nSPS) is 17.4. The van der Waals surface area contributed by atoms with Gasteiger partial charge in [0.25, 0.3) is 6.20 Å². The first-order valence-corrected chi connectivity index (χ1v) is 11.2. The molecule has 2 heterocycles. The topological polar surface area (TPSA) is 95.8 Å². The van der Waals surface area contributed by atoms with E-state index in [2.05, 4.69) is 15.6 Å². The molecule has 3 aromatic rings. The maximum atomic E-state index is 12.8. The fourth-order valence-electron chi connectivity index (χ4n) is 3.68. The standard InChI is InChI=1S/C24H26BF3N4O4/c1-15-11-16(9-10-19(15)25-35-22(2,3)23(4,5)36-25)13-32-14-20(34-31-32)30-21(33)29-18-8-6-7-17(12-18)24(26,27)28/h6-12,14H,13H2,1-5H3,(H-,29,30,31,33). The van der Waals surface area contributed by atoms with Crippen molar-refractivity contribution in [3.8, 4) is 0 Å². The third kappa shape index (κ3) is 5.54. The van der Waals surface area contributed by atoms with Crippen molar-refractivity contribution >= 4 is 30.2 Å². The molecular weight excluding hydrogens is 476 g/mol. The molecule has 0 bridgehead atoms. The molecule has 1 fully saturated rings. The van der Waals surface area contributed by atoms with Crippen molar-refractivity contribution in [1.29, 1.82) is 0 Å². The molecule has 0 atom stereocenters. The van der Waals surface area contributed by atoms with Gasteiger partial charge in [0.15, 0.2) is 0 Å². The number of halogens is 3. The Morgan fingerprint density at radius 2 is 1.81 bits per heavy atom. The summed E-state index contributed by atoms with van der Waals surface area (Å²) in [6.07, 6.45) is -3.10. The number of hydrogen-bond donors (Lipinski definition) is 1. The van der Waals surface area contributed by atoms with Crippen molar-refractivity contribution in [2.45, 2.75) is 58.5 Å². The lowest BCUT2D eigenvalue weighted by Gasteiger charge is -2.32. The second-order valence-corrected chi connectivity index (χ2v) is 9.64. The van der Waals surface area contributed by atoms with Crippen LogP contribution in [0.1, 0.15) is 44.4 Å². The van der Waals surface area contributed by atoms with E-state index in [1.807, 2.05) is 52.8 Å². The summed E-state index contributed by atoms with van der Waals surface area (Å²) in [5.74, 6) is -0.0926. The molecule has 0 unspecified atom stereocenters. The molecule has 2 aromatic carbocycles. The zero-order valence-corrected chi connectivity index (χ0v) is 20.5. The summed E-state index contributed by atoms with van der Waals surface area (Å²) in [5, 5.41) is 18.3. The summed E-state index contributed by atoms with van der Waals surface area (Å²) in [6.45, 7) is 10.3. The molecule has 1 aliphatic heterocycles. The van der Waals surface area contributed by atoms with Gasteiger partial charge in [-0.1, -0.05) is 29.8 Å². The lowest BCUT2D eigenvalue weighted by molar-refractivity contribution is -0.754. The van der Waals surface area contributed by atoms with E-state index in [-0.39, 0.29) is 11.6 Å². The first-order chi connectivity index (χ1) is 16.7.